The van der Waals surface area contributed by atoms with Crippen LogP contribution >= 0.6 is 11.3 Å². The van der Waals surface area contributed by atoms with E-state index in [9.17, 15) is 18.0 Å². The van der Waals surface area contributed by atoms with Gasteiger partial charge in [-0.2, -0.15) is 4.31 Å². The van der Waals surface area contributed by atoms with E-state index in [1.54, 1.807) is 18.4 Å². The highest BCUT2D eigenvalue weighted by Crippen LogP contribution is 2.26. The van der Waals surface area contributed by atoms with Crippen molar-refractivity contribution in [3.63, 3.8) is 0 Å². The molecular formula is C22H28N2O5S2. The Bertz CT molecular complexity index is 966. The van der Waals surface area contributed by atoms with Crippen LogP contribution in [-0.2, 0) is 26.0 Å². The molecule has 31 heavy (non-hydrogen) atoms. The van der Waals surface area contributed by atoms with Gasteiger partial charge in [0.1, 0.15) is 0 Å². The van der Waals surface area contributed by atoms with Gasteiger partial charge in [0.05, 0.1) is 10.5 Å². The summed E-state index contributed by atoms with van der Waals surface area (Å²) >= 11 is 1.62. The lowest BCUT2D eigenvalue weighted by atomic mass is 9.96. The summed E-state index contributed by atoms with van der Waals surface area (Å²) < 4.78 is 32.2. The summed E-state index contributed by atoms with van der Waals surface area (Å²) in [6, 6.07) is 9.61. The number of hydrogen-bond donors (Lipinski definition) is 1. The Kier molecular flexibility index (Phi) is 8.22. The minimum atomic E-state index is -3.62. The van der Waals surface area contributed by atoms with Crippen LogP contribution in [0.4, 0.5) is 0 Å². The third-order valence-electron chi connectivity index (χ3n) is 5.46. The predicted molar refractivity (Wildman–Crippen MR) is 120 cm³/mol. The van der Waals surface area contributed by atoms with Crippen LogP contribution in [0.5, 0.6) is 0 Å². The molecule has 1 fully saturated rings. The monoisotopic (exact) mass is 464 g/mol. The Morgan fingerprint density at radius 2 is 1.84 bits per heavy atom. The lowest BCUT2D eigenvalue weighted by molar-refractivity contribution is -0.124. The van der Waals surface area contributed by atoms with E-state index in [1.807, 2.05) is 17.5 Å². The van der Waals surface area contributed by atoms with Gasteiger partial charge in [-0.25, -0.2) is 13.2 Å². The van der Waals surface area contributed by atoms with Gasteiger partial charge in [-0.1, -0.05) is 25.3 Å². The molecule has 0 spiro atoms. The van der Waals surface area contributed by atoms with Gasteiger partial charge in [0.15, 0.2) is 6.61 Å². The van der Waals surface area contributed by atoms with Gasteiger partial charge in [0.2, 0.25) is 10.0 Å². The maximum atomic E-state index is 12.9. The molecule has 2 aromatic rings. The summed E-state index contributed by atoms with van der Waals surface area (Å²) in [4.78, 5) is 25.3. The number of hydrogen-bond acceptors (Lipinski definition) is 6. The van der Waals surface area contributed by atoms with E-state index in [0.717, 1.165) is 38.5 Å². The van der Waals surface area contributed by atoms with Crippen LogP contribution in [0.25, 0.3) is 0 Å². The molecule has 1 aromatic heterocycles. The fourth-order valence-electron chi connectivity index (χ4n) is 3.62. The van der Waals surface area contributed by atoms with Crippen LogP contribution in [0.3, 0.4) is 0 Å². The molecule has 0 unspecified atom stereocenters. The molecule has 3 rings (SSSR count). The number of ether oxygens (including phenoxy) is 1. The molecule has 9 heteroatoms. The largest absolute Gasteiger partial charge is 0.452 e. The molecule has 1 amide bonds. The minimum absolute atomic E-state index is 0.0155. The topological polar surface area (TPSA) is 92.8 Å². The van der Waals surface area contributed by atoms with Gasteiger partial charge in [-0.05, 0) is 55.0 Å². The molecule has 1 saturated carbocycles. The Morgan fingerprint density at radius 3 is 2.48 bits per heavy atom. The smallest absolute Gasteiger partial charge is 0.338 e. The first-order valence-corrected chi connectivity index (χ1v) is 12.7. The molecule has 0 aliphatic heterocycles. The third-order valence-corrected chi connectivity index (χ3v) is 8.32. The molecule has 0 bridgehead atoms. The number of carbonyl (C=O) groups excluding carboxylic acids is 2. The highest BCUT2D eigenvalue weighted by atomic mass is 32.2. The van der Waals surface area contributed by atoms with Crippen molar-refractivity contribution in [3.05, 3.63) is 52.2 Å². The van der Waals surface area contributed by atoms with Crippen molar-refractivity contribution in [2.45, 2.75) is 49.5 Å². The molecule has 0 saturated heterocycles. The summed E-state index contributed by atoms with van der Waals surface area (Å²) in [7, 11) is -2.00. The van der Waals surface area contributed by atoms with Crippen LogP contribution in [0.1, 0.15) is 47.3 Å². The fraction of sp³-hybridized carbons (Fsp3) is 0.455. The first-order valence-electron chi connectivity index (χ1n) is 10.4. The lowest BCUT2D eigenvalue weighted by Gasteiger charge is -2.30. The van der Waals surface area contributed by atoms with Gasteiger partial charge in [-0.15, -0.1) is 11.3 Å². The Balaban J connectivity index is 1.49. The summed E-state index contributed by atoms with van der Waals surface area (Å²) in [6.45, 7) is 0.0890. The van der Waals surface area contributed by atoms with Crippen molar-refractivity contribution in [2.75, 3.05) is 20.2 Å². The second kappa shape index (κ2) is 10.9. The molecule has 1 aliphatic rings. The van der Waals surface area contributed by atoms with Crippen LogP contribution in [0, 0.1) is 0 Å². The molecule has 168 valence electrons. The maximum absolute atomic E-state index is 12.9. The highest BCUT2D eigenvalue weighted by Gasteiger charge is 2.29. The molecular weight excluding hydrogens is 436 g/mol. The first-order chi connectivity index (χ1) is 14.9. The van der Waals surface area contributed by atoms with E-state index in [1.165, 1.54) is 33.4 Å². The van der Waals surface area contributed by atoms with E-state index in [-0.39, 0.29) is 29.0 Å². The van der Waals surface area contributed by atoms with Crippen LogP contribution in [0.15, 0.2) is 46.7 Å². The minimum Gasteiger partial charge on any atom is -0.452 e. The standard InChI is InChI=1S/C22H28N2O5S2/c1-24(18-6-3-2-4-7-18)31(27,28)20-11-9-17(10-12-20)22(26)29-16-21(25)23-14-13-19-8-5-15-30-19/h5,8-12,15,18H,2-4,6-7,13-14,16H2,1H3,(H,23,25). The Hall–Kier alpha value is -2.23. The van der Waals surface area contributed by atoms with Crippen LogP contribution in [0.2, 0.25) is 0 Å². The second-order valence-electron chi connectivity index (χ2n) is 7.59. The Morgan fingerprint density at radius 1 is 1.13 bits per heavy atom. The number of benzene rings is 1. The van der Waals surface area contributed by atoms with Crippen molar-refractivity contribution < 1.29 is 22.7 Å². The molecule has 0 radical (unpaired) electrons. The lowest BCUT2D eigenvalue weighted by Crippen LogP contribution is -2.38. The van der Waals surface area contributed by atoms with E-state index in [4.69, 9.17) is 4.74 Å². The number of esters is 1. The van der Waals surface area contributed by atoms with E-state index >= 15 is 0 Å². The van der Waals surface area contributed by atoms with Crippen molar-refractivity contribution >= 4 is 33.2 Å². The van der Waals surface area contributed by atoms with Gasteiger partial charge in [0.25, 0.3) is 5.91 Å². The van der Waals surface area contributed by atoms with Crippen LogP contribution in [-0.4, -0.2) is 50.8 Å². The molecule has 1 aliphatic carbocycles. The quantitative estimate of drug-likeness (QED) is 0.575. The molecule has 1 N–H and O–H groups in total. The van der Waals surface area contributed by atoms with Crippen molar-refractivity contribution in [1.82, 2.24) is 9.62 Å². The second-order valence-corrected chi connectivity index (χ2v) is 10.6. The maximum Gasteiger partial charge on any atom is 0.338 e. The summed E-state index contributed by atoms with van der Waals surface area (Å²) in [5, 5.41) is 4.68. The average Bonchev–Trinajstić information content (AvgIpc) is 3.31. The number of carbonyl (C=O) groups is 2. The molecule has 0 atom stereocenters. The number of sulfonamides is 1. The number of amides is 1. The number of nitrogens with one attached hydrogen (secondary N) is 1. The summed E-state index contributed by atoms with van der Waals surface area (Å²) in [5.41, 5.74) is 0.200. The van der Waals surface area contributed by atoms with Crippen LogP contribution < -0.4 is 5.32 Å². The zero-order chi connectivity index (χ0) is 22.3. The Labute approximate surface area is 187 Å². The normalized spacial score (nSPS) is 15.0. The van der Waals surface area contributed by atoms with Gasteiger partial charge in [-0.3, -0.25) is 4.79 Å². The van der Waals surface area contributed by atoms with E-state index in [0.29, 0.717) is 6.54 Å². The average molecular weight is 465 g/mol. The zero-order valence-electron chi connectivity index (χ0n) is 17.6. The zero-order valence-corrected chi connectivity index (χ0v) is 19.2. The van der Waals surface area contributed by atoms with Crippen molar-refractivity contribution in [3.8, 4) is 0 Å². The van der Waals surface area contributed by atoms with E-state index < -0.39 is 16.0 Å². The SMILES string of the molecule is CN(C1CCCCC1)S(=O)(=O)c1ccc(C(=O)OCC(=O)NCCc2cccs2)cc1. The van der Waals surface area contributed by atoms with Gasteiger partial charge < -0.3 is 10.1 Å². The van der Waals surface area contributed by atoms with Gasteiger partial charge >= 0.3 is 5.97 Å². The van der Waals surface area contributed by atoms with Crippen molar-refractivity contribution in [2.24, 2.45) is 0 Å². The highest BCUT2D eigenvalue weighted by molar-refractivity contribution is 7.89. The number of nitrogens with zero attached hydrogens (tertiary/aromatic N) is 1. The fourth-order valence-corrected chi connectivity index (χ4v) is 5.74. The third kappa shape index (κ3) is 6.38. The first kappa shape index (κ1) is 23.4. The predicted octanol–water partition coefficient (Wildman–Crippen LogP) is 3.22. The number of thiophene rings is 1. The van der Waals surface area contributed by atoms with Gasteiger partial charge in [0, 0.05) is 24.5 Å². The number of rotatable bonds is 9. The molecule has 1 aromatic carbocycles. The van der Waals surface area contributed by atoms with Crippen molar-refractivity contribution in [1.29, 1.82) is 0 Å². The summed E-state index contributed by atoms with van der Waals surface area (Å²) in [5.74, 6) is -1.05. The van der Waals surface area contributed by atoms with E-state index in [2.05, 4.69) is 5.32 Å². The summed E-state index contributed by atoms with van der Waals surface area (Å²) in [6.07, 6.45) is 5.69. The molecule has 1 heterocycles. The molecule has 7 nitrogen and oxygen atoms in total.